The highest BCUT2D eigenvalue weighted by Crippen LogP contribution is 2.39. The van der Waals surface area contributed by atoms with E-state index in [-0.39, 0.29) is 18.1 Å². The molecule has 0 radical (unpaired) electrons. The third-order valence-corrected chi connectivity index (χ3v) is 4.06. The van der Waals surface area contributed by atoms with Crippen molar-refractivity contribution in [2.75, 3.05) is 6.54 Å². The molecule has 1 heterocycles. The van der Waals surface area contributed by atoms with Crippen LogP contribution in [0.3, 0.4) is 0 Å². The standard InChI is InChI=1S/C14H23NO4/c1-14(2,3)19-13(18)15-7-6-9-8-10(12(16)17)4-5-11(9)15/h9-11H,4-8H2,1-3H3,(H,16,17)/t9-,10-,11+/m1/s1. The van der Waals surface area contributed by atoms with E-state index in [2.05, 4.69) is 0 Å². The van der Waals surface area contributed by atoms with Crippen LogP contribution >= 0.6 is 0 Å². The zero-order valence-electron chi connectivity index (χ0n) is 11.9. The van der Waals surface area contributed by atoms with E-state index in [9.17, 15) is 9.59 Å². The Hall–Kier alpha value is -1.26. The topological polar surface area (TPSA) is 66.8 Å². The lowest BCUT2D eigenvalue weighted by atomic mass is 9.78. The molecular weight excluding hydrogens is 246 g/mol. The highest BCUT2D eigenvalue weighted by Gasteiger charge is 2.43. The number of hydrogen-bond acceptors (Lipinski definition) is 3. The largest absolute Gasteiger partial charge is 0.481 e. The van der Waals surface area contributed by atoms with Crippen LogP contribution in [0, 0.1) is 11.8 Å². The van der Waals surface area contributed by atoms with Gasteiger partial charge in [0.05, 0.1) is 5.92 Å². The van der Waals surface area contributed by atoms with E-state index in [0.717, 1.165) is 12.8 Å². The molecule has 2 rings (SSSR count). The SMILES string of the molecule is CC(C)(C)OC(=O)N1CC[C@@H]2C[C@H](C(=O)O)CC[C@@H]21. The summed E-state index contributed by atoms with van der Waals surface area (Å²) in [6.07, 6.45) is 2.78. The Morgan fingerprint density at radius 3 is 2.47 bits per heavy atom. The van der Waals surface area contributed by atoms with Gasteiger partial charge in [-0.1, -0.05) is 0 Å². The maximum atomic E-state index is 12.1. The lowest BCUT2D eigenvalue weighted by Crippen LogP contribution is -2.43. The average Bonchev–Trinajstić information content (AvgIpc) is 2.68. The Balaban J connectivity index is 1.97. The minimum Gasteiger partial charge on any atom is -0.481 e. The summed E-state index contributed by atoms with van der Waals surface area (Å²) in [4.78, 5) is 25.0. The molecule has 1 amide bonds. The zero-order chi connectivity index (χ0) is 14.2. The first kappa shape index (κ1) is 14.2. The van der Waals surface area contributed by atoms with Gasteiger partial charge in [0.1, 0.15) is 5.60 Å². The summed E-state index contributed by atoms with van der Waals surface area (Å²) in [6, 6.07) is 0.172. The van der Waals surface area contributed by atoms with Gasteiger partial charge in [0, 0.05) is 12.6 Å². The summed E-state index contributed by atoms with van der Waals surface area (Å²) >= 11 is 0. The second kappa shape index (κ2) is 5.02. The minimum atomic E-state index is -0.700. The van der Waals surface area contributed by atoms with Crippen LogP contribution in [0.4, 0.5) is 4.79 Å². The van der Waals surface area contributed by atoms with Crippen LogP contribution in [0.5, 0.6) is 0 Å². The predicted molar refractivity (Wildman–Crippen MR) is 69.8 cm³/mol. The number of aliphatic carboxylic acids is 1. The van der Waals surface area contributed by atoms with E-state index in [0.29, 0.717) is 25.3 Å². The van der Waals surface area contributed by atoms with E-state index in [4.69, 9.17) is 9.84 Å². The number of ether oxygens (including phenoxy) is 1. The first-order chi connectivity index (χ1) is 8.78. The number of carbonyl (C=O) groups is 2. The fourth-order valence-electron chi connectivity index (χ4n) is 3.21. The molecule has 19 heavy (non-hydrogen) atoms. The van der Waals surface area contributed by atoms with Crippen LogP contribution in [-0.2, 0) is 9.53 Å². The van der Waals surface area contributed by atoms with Crippen LogP contribution in [0.1, 0.15) is 46.5 Å². The number of rotatable bonds is 1. The number of amides is 1. The van der Waals surface area contributed by atoms with Crippen molar-refractivity contribution >= 4 is 12.1 Å². The monoisotopic (exact) mass is 269 g/mol. The van der Waals surface area contributed by atoms with Gasteiger partial charge in [-0.15, -0.1) is 0 Å². The summed E-state index contributed by atoms with van der Waals surface area (Å²) in [7, 11) is 0. The molecule has 0 aromatic carbocycles. The first-order valence-corrected chi connectivity index (χ1v) is 7.00. The molecule has 0 unspecified atom stereocenters. The summed E-state index contributed by atoms with van der Waals surface area (Å²) in [6.45, 7) is 6.27. The van der Waals surface area contributed by atoms with Crippen LogP contribution < -0.4 is 0 Å². The van der Waals surface area contributed by atoms with Crippen molar-refractivity contribution in [1.82, 2.24) is 4.90 Å². The van der Waals surface area contributed by atoms with Crippen molar-refractivity contribution in [2.45, 2.75) is 58.1 Å². The van der Waals surface area contributed by atoms with Gasteiger partial charge < -0.3 is 14.7 Å². The van der Waals surface area contributed by atoms with Crippen molar-refractivity contribution < 1.29 is 19.4 Å². The molecule has 5 heteroatoms. The van der Waals surface area contributed by atoms with Crippen molar-refractivity contribution in [1.29, 1.82) is 0 Å². The average molecular weight is 269 g/mol. The van der Waals surface area contributed by atoms with Gasteiger partial charge in [0.15, 0.2) is 0 Å². The van der Waals surface area contributed by atoms with Gasteiger partial charge in [-0.3, -0.25) is 4.79 Å². The maximum absolute atomic E-state index is 12.1. The van der Waals surface area contributed by atoms with Crippen molar-refractivity contribution in [3.05, 3.63) is 0 Å². The second-order valence-electron chi connectivity index (χ2n) is 6.64. The van der Waals surface area contributed by atoms with Crippen LogP contribution in [0.25, 0.3) is 0 Å². The Morgan fingerprint density at radius 2 is 1.89 bits per heavy atom. The maximum Gasteiger partial charge on any atom is 0.410 e. The molecular formula is C14H23NO4. The number of likely N-dealkylation sites (tertiary alicyclic amines) is 1. The molecule has 0 aromatic rings. The molecule has 1 saturated heterocycles. The van der Waals surface area contributed by atoms with Crippen molar-refractivity contribution in [3.8, 4) is 0 Å². The molecule has 0 aromatic heterocycles. The predicted octanol–water partition coefficient (Wildman–Crippen LogP) is 2.50. The van der Waals surface area contributed by atoms with Gasteiger partial charge in [-0.25, -0.2) is 4.79 Å². The fraction of sp³-hybridized carbons (Fsp3) is 0.857. The molecule has 108 valence electrons. The third-order valence-electron chi connectivity index (χ3n) is 4.06. The first-order valence-electron chi connectivity index (χ1n) is 7.00. The number of carboxylic acid groups (broad SMARTS) is 1. The quantitative estimate of drug-likeness (QED) is 0.794. The molecule has 0 bridgehead atoms. The molecule has 1 aliphatic carbocycles. The summed E-state index contributed by atoms with van der Waals surface area (Å²) < 4.78 is 5.42. The smallest absolute Gasteiger partial charge is 0.410 e. The number of nitrogens with zero attached hydrogens (tertiary/aromatic N) is 1. The van der Waals surface area contributed by atoms with Gasteiger partial charge in [0.25, 0.3) is 0 Å². The second-order valence-corrected chi connectivity index (χ2v) is 6.64. The zero-order valence-corrected chi connectivity index (χ0v) is 11.9. The van der Waals surface area contributed by atoms with Crippen molar-refractivity contribution in [2.24, 2.45) is 11.8 Å². The molecule has 1 saturated carbocycles. The molecule has 1 aliphatic heterocycles. The molecule has 5 nitrogen and oxygen atoms in total. The fourth-order valence-corrected chi connectivity index (χ4v) is 3.21. The molecule has 2 fully saturated rings. The number of carboxylic acids is 1. The highest BCUT2D eigenvalue weighted by molar-refractivity contribution is 5.71. The van der Waals surface area contributed by atoms with Crippen LogP contribution in [-0.4, -0.2) is 40.3 Å². The van der Waals surface area contributed by atoms with E-state index in [1.807, 2.05) is 20.8 Å². The summed E-state index contributed by atoms with van der Waals surface area (Å²) in [5, 5.41) is 9.08. The Labute approximate surface area is 113 Å². The Kier molecular flexibility index (Phi) is 3.74. The number of hydrogen-bond donors (Lipinski definition) is 1. The summed E-state index contributed by atoms with van der Waals surface area (Å²) in [5.74, 6) is -0.614. The normalized spacial score (nSPS) is 30.9. The highest BCUT2D eigenvalue weighted by atomic mass is 16.6. The van der Waals surface area contributed by atoms with E-state index >= 15 is 0 Å². The lowest BCUT2D eigenvalue weighted by Gasteiger charge is -2.35. The van der Waals surface area contributed by atoms with Crippen LogP contribution in [0.2, 0.25) is 0 Å². The lowest BCUT2D eigenvalue weighted by molar-refractivity contribution is -0.143. The number of carbonyl (C=O) groups excluding carboxylic acids is 1. The van der Waals surface area contributed by atoms with E-state index in [1.54, 1.807) is 4.90 Å². The van der Waals surface area contributed by atoms with Gasteiger partial charge >= 0.3 is 12.1 Å². The van der Waals surface area contributed by atoms with E-state index < -0.39 is 11.6 Å². The third kappa shape index (κ3) is 3.19. The van der Waals surface area contributed by atoms with Crippen LogP contribution in [0.15, 0.2) is 0 Å². The molecule has 1 N–H and O–H groups in total. The van der Waals surface area contributed by atoms with E-state index in [1.165, 1.54) is 0 Å². The molecule has 0 spiro atoms. The Bertz CT molecular complexity index is 374. The summed E-state index contributed by atoms with van der Waals surface area (Å²) in [5.41, 5.74) is -0.479. The Morgan fingerprint density at radius 1 is 1.21 bits per heavy atom. The van der Waals surface area contributed by atoms with Gasteiger partial charge in [-0.2, -0.15) is 0 Å². The molecule has 3 atom stereocenters. The van der Waals surface area contributed by atoms with Gasteiger partial charge in [0.2, 0.25) is 0 Å². The minimum absolute atomic E-state index is 0.172. The van der Waals surface area contributed by atoms with Crippen molar-refractivity contribution in [3.63, 3.8) is 0 Å². The number of fused-ring (bicyclic) bond motifs is 1. The molecule has 2 aliphatic rings. The van der Waals surface area contributed by atoms with Gasteiger partial charge in [-0.05, 0) is 52.4 Å².